The van der Waals surface area contributed by atoms with Crippen molar-refractivity contribution in [3.63, 3.8) is 0 Å². The molecule has 0 N–H and O–H groups in total. The summed E-state index contributed by atoms with van der Waals surface area (Å²) < 4.78 is 70.1. The van der Waals surface area contributed by atoms with Crippen molar-refractivity contribution >= 4 is 11.5 Å². The number of alkyl halides is 3. The number of halogens is 4. The highest BCUT2D eigenvalue weighted by molar-refractivity contribution is 5.80. The van der Waals surface area contributed by atoms with Crippen LogP contribution in [0.1, 0.15) is 59.9 Å². The molecular formula is C31H33F4NO3. The Labute approximate surface area is 226 Å². The standard InChI is InChI=1S/C31H33F4NO3/c1-19-5-10-23(37)16-26(19)28-29(31(33,34)35)20(2)15-27(30(28)32)36(17-21-6-11-24(38-3)12-7-21)18-22-8-13-25(39-4)14-9-22/h6-9,11-15,19,26H,5,10,16-18H2,1-4H3/t19-,26-/m1/s1. The molecule has 0 saturated heterocycles. The molecule has 4 rings (SSSR count). The maximum atomic E-state index is 16.5. The summed E-state index contributed by atoms with van der Waals surface area (Å²) in [4.78, 5) is 14.1. The maximum Gasteiger partial charge on any atom is 0.417 e. The van der Waals surface area contributed by atoms with E-state index in [4.69, 9.17) is 9.47 Å². The second-order valence-corrected chi connectivity index (χ2v) is 10.2. The van der Waals surface area contributed by atoms with Crippen LogP contribution in [0, 0.1) is 18.7 Å². The van der Waals surface area contributed by atoms with Crippen LogP contribution in [0.25, 0.3) is 0 Å². The number of hydrogen-bond donors (Lipinski definition) is 0. The first kappa shape index (κ1) is 28.5. The van der Waals surface area contributed by atoms with Crippen molar-refractivity contribution in [1.82, 2.24) is 0 Å². The van der Waals surface area contributed by atoms with Gasteiger partial charge in [-0.15, -0.1) is 0 Å². The third-order valence-corrected chi connectivity index (χ3v) is 7.55. The van der Waals surface area contributed by atoms with Gasteiger partial charge in [-0.2, -0.15) is 13.2 Å². The van der Waals surface area contributed by atoms with Gasteiger partial charge < -0.3 is 14.4 Å². The van der Waals surface area contributed by atoms with Crippen molar-refractivity contribution in [2.24, 2.45) is 5.92 Å². The Kier molecular flexibility index (Phi) is 8.52. The molecule has 0 unspecified atom stereocenters. The molecule has 208 valence electrons. The lowest BCUT2D eigenvalue weighted by Crippen LogP contribution is -2.29. The number of anilines is 1. The highest BCUT2D eigenvalue weighted by Crippen LogP contribution is 2.47. The van der Waals surface area contributed by atoms with E-state index < -0.39 is 29.0 Å². The molecular weight excluding hydrogens is 510 g/mol. The number of rotatable bonds is 8. The van der Waals surface area contributed by atoms with Gasteiger partial charge in [0.25, 0.3) is 0 Å². The van der Waals surface area contributed by atoms with Crippen molar-refractivity contribution in [1.29, 1.82) is 0 Å². The number of carbonyl (C=O) groups excluding carboxylic acids is 1. The van der Waals surface area contributed by atoms with Crippen LogP contribution in [0.4, 0.5) is 23.2 Å². The quantitative estimate of drug-likeness (QED) is 0.271. The molecule has 0 aromatic heterocycles. The average Bonchev–Trinajstić information content (AvgIpc) is 2.91. The molecule has 4 nitrogen and oxygen atoms in total. The van der Waals surface area contributed by atoms with E-state index >= 15 is 4.39 Å². The average molecular weight is 544 g/mol. The first-order valence-corrected chi connectivity index (χ1v) is 12.9. The molecule has 1 aliphatic carbocycles. The molecule has 0 amide bonds. The molecule has 3 aromatic rings. The van der Waals surface area contributed by atoms with Crippen molar-refractivity contribution in [3.8, 4) is 11.5 Å². The predicted octanol–water partition coefficient (Wildman–Crippen LogP) is 7.85. The Hall–Kier alpha value is -3.55. The van der Waals surface area contributed by atoms with Gasteiger partial charge in [-0.05, 0) is 72.2 Å². The second-order valence-electron chi connectivity index (χ2n) is 10.2. The molecule has 2 atom stereocenters. The highest BCUT2D eigenvalue weighted by atomic mass is 19.4. The van der Waals surface area contributed by atoms with Crippen LogP contribution in [0.5, 0.6) is 11.5 Å². The van der Waals surface area contributed by atoms with Gasteiger partial charge >= 0.3 is 6.18 Å². The summed E-state index contributed by atoms with van der Waals surface area (Å²) in [6.07, 6.45) is -4.11. The zero-order valence-electron chi connectivity index (χ0n) is 22.6. The van der Waals surface area contributed by atoms with Gasteiger partial charge in [0.1, 0.15) is 17.3 Å². The number of methoxy groups -OCH3 is 2. The fourth-order valence-corrected chi connectivity index (χ4v) is 5.41. The van der Waals surface area contributed by atoms with Crippen LogP contribution in [0.3, 0.4) is 0 Å². The minimum atomic E-state index is -4.75. The molecule has 1 saturated carbocycles. The first-order chi connectivity index (χ1) is 18.5. The number of benzene rings is 3. The van der Waals surface area contributed by atoms with Gasteiger partial charge in [-0.1, -0.05) is 31.2 Å². The summed E-state index contributed by atoms with van der Waals surface area (Å²) in [5, 5.41) is 0. The SMILES string of the molecule is COc1ccc(CN(Cc2ccc(OC)cc2)c2cc(C)c(C(F)(F)F)c([C@@H]3CC(=O)CC[C@H]3C)c2F)cc1. The van der Waals surface area contributed by atoms with Gasteiger partial charge in [0, 0.05) is 31.5 Å². The lowest BCUT2D eigenvalue weighted by Gasteiger charge is -2.34. The Morgan fingerprint density at radius 3 is 1.90 bits per heavy atom. The monoisotopic (exact) mass is 543 g/mol. The smallest absolute Gasteiger partial charge is 0.417 e. The van der Waals surface area contributed by atoms with Gasteiger partial charge in [0.2, 0.25) is 0 Å². The van der Waals surface area contributed by atoms with Crippen LogP contribution < -0.4 is 14.4 Å². The topological polar surface area (TPSA) is 38.8 Å². The van der Waals surface area contributed by atoms with E-state index in [-0.39, 0.29) is 42.5 Å². The van der Waals surface area contributed by atoms with Crippen molar-refractivity contribution in [3.05, 3.63) is 88.2 Å². The number of nitrogens with zero attached hydrogens (tertiary/aromatic N) is 1. The van der Waals surface area contributed by atoms with E-state index in [1.165, 1.54) is 13.0 Å². The van der Waals surface area contributed by atoms with Crippen molar-refractivity contribution in [2.75, 3.05) is 19.1 Å². The lowest BCUT2D eigenvalue weighted by atomic mass is 9.73. The Balaban J connectivity index is 1.86. The molecule has 1 aliphatic rings. The molecule has 0 heterocycles. The van der Waals surface area contributed by atoms with E-state index in [0.717, 1.165) is 11.1 Å². The number of carbonyl (C=O) groups is 1. The number of ether oxygens (including phenoxy) is 2. The highest BCUT2D eigenvalue weighted by Gasteiger charge is 2.42. The zero-order chi connectivity index (χ0) is 28.3. The molecule has 0 bridgehead atoms. The van der Waals surface area contributed by atoms with Crippen LogP contribution in [0.15, 0.2) is 54.6 Å². The largest absolute Gasteiger partial charge is 0.497 e. The van der Waals surface area contributed by atoms with Crippen molar-refractivity contribution in [2.45, 2.75) is 58.3 Å². The van der Waals surface area contributed by atoms with E-state index in [0.29, 0.717) is 24.3 Å². The van der Waals surface area contributed by atoms with Gasteiger partial charge in [0.05, 0.1) is 25.5 Å². The number of ketones is 1. The molecule has 0 aliphatic heterocycles. The van der Waals surface area contributed by atoms with E-state index in [1.807, 2.05) is 24.3 Å². The number of aryl methyl sites for hydroxylation is 1. The Bertz CT molecular complexity index is 1250. The number of hydrogen-bond acceptors (Lipinski definition) is 4. The zero-order valence-corrected chi connectivity index (χ0v) is 22.6. The molecule has 1 fully saturated rings. The molecule has 39 heavy (non-hydrogen) atoms. The van der Waals surface area contributed by atoms with Crippen LogP contribution in [-0.4, -0.2) is 20.0 Å². The van der Waals surface area contributed by atoms with Crippen LogP contribution >= 0.6 is 0 Å². The molecule has 0 spiro atoms. The normalized spacial score (nSPS) is 17.7. The van der Waals surface area contributed by atoms with Gasteiger partial charge in [-0.3, -0.25) is 4.79 Å². The van der Waals surface area contributed by atoms with Crippen molar-refractivity contribution < 1.29 is 31.8 Å². The predicted molar refractivity (Wildman–Crippen MR) is 143 cm³/mol. The first-order valence-electron chi connectivity index (χ1n) is 12.9. The molecule has 3 aromatic carbocycles. The van der Waals surface area contributed by atoms with E-state index in [1.54, 1.807) is 50.3 Å². The Morgan fingerprint density at radius 1 is 0.923 bits per heavy atom. The van der Waals surface area contributed by atoms with Crippen LogP contribution in [0.2, 0.25) is 0 Å². The summed E-state index contributed by atoms with van der Waals surface area (Å²) in [5.41, 5.74) is 0.325. The minimum Gasteiger partial charge on any atom is -0.497 e. The third-order valence-electron chi connectivity index (χ3n) is 7.55. The van der Waals surface area contributed by atoms with E-state index in [2.05, 4.69) is 0 Å². The lowest BCUT2D eigenvalue weighted by molar-refractivity contribution is -0.139. The summed E-state index contributed by atoms with van der Waals surface area (Å²) in [7, 11) is 3.12. The Morgan fingerprint density at radius 2 is 1.44 bits per heavy atom. The number of Topliss-reactive ketones (excluding diaryl/α,β-unsaturated/α-hetero) is 1. The van der Waals surface area contributed by atoms with Gasteiger partial charge in [0.15, 0.2) is 5.82 Å². The fraction of sp³-hybridized carbons (Fsp3) is 0.387. The summed E-state index contributed by atoms with van der Waals surface area (Å²) in [6.45, 7) is 3.65. The fourth-order valence-electron chi connectivity index (χ4n) is 5.41. The molecule has 8 heteroatoms. The van der Waals surface area contributed by atoms with Crippen LogP contribution in [-0.2, 0) is 24.1 Å². The van der Waals surface area contributed by atoms with E-state index in [9.17, 15) is 18.0 Å². The van der Waals surface area contributed by atoms with Gasteiger partial charge in [-0.25, -0.2) is 4.39 Å². The second kappa shape index (κ2) is 11.7. The summed E-state index contributed by atoms with van der Waals surface area (Å²) >= 11 is 0. The maximum absolute atomic E-state index is 16.5. The summed E-state index contributed by atoms with van der Waals surface area (Å²) in [6, 6.07) is 15.8. The minimum absolute atomic E-state index is 0.0615. The summed E-state index contributed by atoms with van der Waals surface area (Å²) in [5.74, 6) is -0.830. The molecule has 0 radical (unpaired) electrons. The third kappa shape index (κ3) is 6.37.